The molecule has 0 atom stereocenters. The second-order valence-corrected chi connectivity index (χ2v) is 9.74. The molecule has 1 aromatic carbocycles. The summed E-state index contributed by atoms with van der Waals surface area (Å²) in [5.74, 6) is 2.27. The minimum Gasteiger partial charge on any atom is -0.492 e. The van der Waals surface area contributed by atoms with Gasteiger partial charge < -0.3 is 19.4 Å². The molecule has 0 spiro atoms. The number of hydrogen-bond acceptors (Lipinski definition) is 8. The third-order valence-corrected chi connectivity index (χ3v) is 7.00. The van der Waals surface area contributed by atoms with E-state index in [-0.39, 0.29) is 0 Å². The van der Waals surface area contributed by atoms with Gasteiger partial charge in [-0.25, -0.2) is 4.98 Å². The Bertz CT molecular complexity index is 1040. The Hall–Kier alpha value is -2.78. The van der Waals surface area contributed by atoms with E-state index in [1.165, 1.54) is 0 Å². The molecule has 7 nitrogen and oxygen atoms in total. The lowest BCUT2D eigenvalue weighted by atomic mass is 10.0. The van der Waals surface area contributed by atoms with E-state index in [9.17, 15) is 10.5 Å². The van der Waals surface area contributed by atoms with Crippen LogP contribution in [0.2, 0.25) is 0 Å². The summed E-state index contributed by atoms with van der Waals surface area (Å²) in [7, 11) is 6.17. The van der Waals surface area contributed by atoms with Gasteiger partial charge in [0.2, 0.25) is 0 Å². The Morgan fingerprint density at radius 3 is 2.44 bits per heavy atom. The van der Waals surface area contributed by atoms with Crippen molar-refractivity contribution in [3.05, 3.63) is 46.5 Å². The third kappa shape index (κ3) is 6.64. The maximum atomic E-state index is 9.96. The van der Waals surface area contributed by atoms with Crippen molar-refractivity contribution in [2.45, 2.75) is 30.5 Å². The first-order chi connectivity index (χ1) is 16.5. The van der Waals surface area contributed by atoms with Gasteiger partial charge in [-0.15, -0.1) is 11.8 Å². The first-order valence-corrected chi connectivity index (χ1v) is 12.7. The van der Waals surface area contributed by atoms with Crippen molar-refractivity contribution in [3.8, 4) is 17.9 Å². The second kappa shape index (κ2) is 12.6. The molecule has 8 heteroatoms. The van der Waals surface area contributed by atoms with Gasteiger partial charge in [-0.3, -0.25) is 0 Å². The number of nitrogens with zero attached hydrogens (tertiary/aromatic N) is 6. The van der Waals surface area contributed by atoms with Crippen LogP contribution in [-0.2, 0) is 12.2 Å². The van der Waals surface area contributed by atoms with Crippen LogP contribution in [0, 0.1) is 22.7 Å². The number of nitriles is 2. The van der Waals surface area contributed by atoms with Gasteiger partial charge in [0, 0.05) is 31.9 Å². The standard InChI is InChI=1S/C26H34N6OS/c1-5-22-23(17-27)25(32-12-6-11-31(4)13-14-32)29-26(24(22)18-28)34-19-20-7-9-21(10-8-20)33-16-15-30(2)3/h7-10H,5-6,11-16,19H2,1-4H3. The van der Waals surface area contributed by atoms with Gasteiger partial charge in [0.1, 0.15) is 35.3 Å². The molecule has 2 heterocycles. The quantitative estimate of drug-likeness (QED) is 0.504. The molecule has 0 amide bonds. The second-order valence-electron chi connectivity index (χ2n) is 8.77. The lowest BCUT2D eigenvalue weighted by Crippen LogP contribution is -2.30. The normalized spacial score (nSPS) is 14.5. The van der Waals surface area contributed by atoms with Crippen LogP contribution in [0.3, 0.4) is 0 Å². The molecule has 180 valence electrons. The molecule has 0 unspecified atom stereocenters. The zero-order chi connectivity index (χ0) is 24.5. The zero-order valence-corrected chi connectivity index (χ0v) is 21.5. The van der Waals surface area contributed by atoms with Crippen molar-refractivity contribution in [2.24, 2.45) is 0 Å². The van der Waals surface area contributed by atoms with Crippen LogP contribution in [0.1, 0.15) is 35.6 Å². The summed E-state index contributed by atoms with van der Waals surface area (Å²) in [5, 5.41) is 20.6. The fourth-order valence-corrected chi connectivity index (χ4v) is 4.91. The topological polar surface area (TPSA) is 79.4 Å². The van der Waals surface area contributed by atoms with E-state index in [0.29, 0.717) is 34.9 Å². The summed E-state index contributed by atoms with van der Waals surface area (Å²) >= 11 is 1.56. The number of thioether (sulfide) groups is 1. The molecule has 1 aromatic heterocycles. The van der Waals surface area contributed by atoms with Crippen LogP contribution in [0.4, 0.5) is 5.82 Å². The molecule has 3 rings (SSSR count). The van der Waals surface area contributed by atoms with Crippen LogP contribution < -0.4 is 9.64 Å². The van der Waals surface area contributed by atoms with Crippen molar-refractivity contribution in [2.75, 3.05) is 65.4 Å². The van der Waals surface area contributed by atoms with Crippen LogP contribution in [0.5, 0.6) is 5.75 Å². The lowest BCUT2D eigenvalue weighted by Gasteiger charge is -2.25. The number of aromatic nitrogens is 1. The van der Waals surface area contributed by atoms with E-state index in [1.807, 2.05) is 33.2 Å². The molecule has 1 aliphatic rings. The molecular weight excluding hydrogens is 444 g/mol. The number of benzene rings is 1. The molecule has 0 radical (unpaired) electrons. The third-order valence-electron chi connectivity index (χ3n) is 5.95. The molecule has 1 saturated heterocycles. The molecule has 1 aliphatic heterocycles. The van der Waals surface area contributed by atoms with Crippen LogP contribution in [0.25, 0.3) is 0 Å². The maximum Gasteiger partial charge on any atom is 0.148 e. The first kappa shape index (κ1) is 25.8. The van der Waals surface area contributed by atoms with E-state index < -0.39 is 0 Å². The van der Waals surface area contributed by atoms with E-state index in [2.05, 4.69) is 46.0 Å². The summed E-state index contributed by atoms with van der Waals surface area (Å²) < 4.78 is 5.78. The highest BCUT2D eigenvalue weighted by atomic mass is 32.2. The smallest absolute Gasteiger partial charge is 0.148 e. The average Bonchev–Trinajstić information content (AvgIpc) is 3.06. The van der Waals surface area contributed by atoms with Gasteiger partial charge in [0.15, 0.2) is 0 Å². The summed E-state index contributed by atoms with van der Waals surface area (Å²) in [4.78, 5) is 11.5. The summed E-state index contributed by atoms with van der Waals surface area (Å²) in [6.07, 6.45) is 1.65. The van der Waals surface area contributed by atoms with E-state index in [0.717, 1.165) is 61.8 Å². The minimum atomic E-state index is 0.531. The minimum absolute atomic E-state index is 0.531. The number of likely N-dealkylation sites (N-methyl/N-ethyl adjacent to an activating group) is 2. The lowest BCUT2D eigenvalue weighted by molar-refractivity contribution is 0.261. The monoisotopic (exact) mass is 478 g/mol. The molecule has 0 N–H and O–H groups in total. The number of pyridine rings is 1. The molecular formula is C26H34N6OS. The van der Waals surface area contributed by atoms with Crippen molar-refractivity contribution in [1.82, 2.24) is 14.8 Å². The van der Waals surface area contributed by atoms with Gasteiger partial charge in [-0.1, -0.05) is 19.1 Å². The van der Waals surface area contributed by atoms with Gasteiger partial charge in [0.05, 0.1) is 11.1 Å². The Balaban J connectivity index is 1.82. The van der Waals surface area contributed by atoms with Crippen LogP contribution >= 0.6 is 11.8 Å². The predicted octanol–water partition coefficient (Wildman–Crippen LogP) is 3.76. The molecule has 2 aromatic rings. The first-order valence-electron chi connectivity index (χ1n) is 11.8. The molecule has 0 bridgehead atoms. The zero-order valence-electron chi connectivity index (χ0n) is 20.7. The largest absolute Gasteiger partial charge is 0.492 e. The van der Waals surface area contributed by atoms with Gasteiger partial charge in [0.25, 0.3) is 0 Å². The Labute approximate surface area is 207 Å². The van der Waals surface area contributed by atoms with Gasteiger partial charge in [-0.05, 0) is 63.8 Å². The Morgan fingerprint density at radius 2 is 1.79 bits per heavy atom. The van der Waals surface area contributed by atoms with E-state index >= 15 is 0 Å². The van der Waals surface area contributed by atoms with E-state index in [1.54, 1.807) is 11.8 Å². The average molecular weight is 479 g/mol. The number of rotatable bonds is 9. The molecule has 1 fully saturated rings. The van der Waals surface area contributed by atoms with Gasteiger partial charge in [-0.2, -0.15) is 10.5 Å². The number of ether oxygens (including phenoxy) is 1. The summed E-state index contributed by atoms with van der Waals surface area (Å²) in [5.41, 5.74) is 3.02. The van der Waals surface area contributed by atoms with Crippen molar-refractivity contribution < 1.29 is 4.74 Å². The predicted molar refractivity (Wildman–Crippen MR) is 137 cm³/mol. The van der Waals surface area contributed by atoms with Crippen molar-refractivity contribution in [1.29, 1.82) is 10.5 Å². The summed E-state index contributed by atoms with van der Waals surface area (Å²) in [6.45, 7) is 7.17. The number of anilines is 1. The maximum absolute atomic E-state index is 9.96. The SMILES string of the molecule is CCc1c(C#N)c(SCc2ccc(OCCN(C)C)cc2)nc(N2CCCN(C)CC2)c1C#N. The van der Waals surface area contributed by atoms with Crippen molar-refractivity contribution >= 4 is 17.6 Å². The Kier molecular flexibility index (Phi) is 9.59. The highest BCUT2D eigenvalue weighted by Gasteiger charge is 2.24. The summed E-state index contributed by atoms with van der Waals surface area (Å²) in [6, 6.07) is 12.8. The van der Waals surface area contributed by atoms with Crippen LogP contribution in [-0.4, -0.2) is 75.3 Å². The number of hydrogen-bond donors (Lipinski definition) is 0. The fourth-order valence-electron chi connectivity index (χ4n) is 3.95. The molecule has 0 aliphatic carbocycles. The molecule has 0 saturated carbocycles. The Morgan fingerprint density at radius 1 is 1.06 bits per heavy atom. The highest BCUT2D eigenvalue weighted by Crippen LogP contribution is 2.34. The van der Waals surface area contributed by atoms with Crippen LogP contribution in [0.15, 0.2) is 29.3 Å². The fraction of sp³-hybridized carbons (Fsp3) is 0.500. The van der Waals surface area contributed by atoms with Crippen molar-refractivity contribution in [3.63, 3.8) is 0 Å². The molecule has 34 heavy (non-hydrogen) atoms. The van der Waals surface area contributed by atoms with E-state index in [4.69, 9.17) is 9.72 Å². The highest BCUT2D eigenvalue weighted by molar-refractivity contribution is 7.98. The van der Waals surface area contributed by atoms with Gasteiger partial charge >= 0.3 is 0 Å².